The van der Waals surface area contributed by atoms with Crippen LogP contribution in [0.3, 0.4) is 0 Å². The molecule has 1 aliphatic rings. The third kappa shape index (κ3) is 4.94. The number of aromatic amines is 1. The minimum absolute atomic E-state index is 0.0474. The van der Waals surface area contributed by atoms with E-state index in [1.54, 1.807) is 0 Å². The first-order valence-electron chi connectivity index (χ1n) is 8.06. The van der Waals surface area contributed by atoms with Crippen molar-refractivity contribution in [2.24, 2.45) is 5.92 Å². The second kappa shape index (κ2) is 8.08. The zero-order valence-electron chi connectivity index (χ0n) is 13.9. The van der Waals surface area contributed by atoms with E-state index in [0.29, 0.717) is 11.7 Å². The van der Waals surface area contributed by atoms with Crippen molar-refractivity contribution in [1.82, 2.24) is 25.0 Å². The Morgan fingerprint density at radius 3 is 2.68 bits per heavy atom. The maximum absolute atomic E-state index is 12.2. The Balaban J connectivity index is 1.71. The fourth-order valence-corrected chi connectivity index (χ4v) is 2.78. The Morgan fingerprint density at radius 2 is 2.09 bits per heavy atom. The monoisotopic (exact) mass is 305 g/mol. The number of amides is 1. The third-order valence-electron chi connectivity index (χ3n) is 4.06. The lowest BCUT2D eigenvalue weighted by atomic mass is 10.0. The number of carbonyl (C=O) groups excluding carboxylic acids is 1. The highest BCUT2D eigenvalue weighted by atomic mass is 16.2. The van der Waals surface area contributed by atoms with Crippen LogP contribution in [0.15, 0.2) is 18.0 Å². The molecule has 22 heavy (non-hydrogen) atoms. The van der Waals surface area contributed by atoms with Gasteiger partial charge in [0.05, 0.1) is 0 Å². The second-order valence-electron chi connectivity index (χ2n) is 6.39. The molecule has 0 radical (unpaired) electrons. The first-order chi connectivity index (χ1) is 10.6. The molecule has 0 bridgehead atoms. The van der Waals surface area contributed by atoms with Gasteiger partial charge in [-0.1, -0.05) is 18.6 Å². The summed E-state index contributed by atoms with van der Waals surface area (Å²) in [5, 5.41) is 6.37. The second-order valence-corrected chi connectivity index (χ2v) is 6.39. The highest BCUT2D eigenvalue weighted by molar-refractivity contribution is 5.90. The Kier molecular flexibility index (Phi) is 6.12. The van der Waals surface area contributed by atoms with Gasteiger partial charge in [-0.15, -0.1) is 0 Å². The van der Waals surface area contributed by atoms with Crippen molar-refractivity contribution in [2.75, 3.05) is 32.7 Å². The van der Waals surface area contributed by atoms with Gasteiger partial charge in [-0.05, 0) is 32.6 Å². The van der Waals surface area contributed by atoms with Crippen LogP contribution in [0, 0.1) is 5.92 Å². The quantitative estimate of drug-likeness (QED) is 0.816. The molecule has 2 rings (SSSR count). The molecule has 2 heterocycles. The number of allylic oxidation sites excluding steroid dienone is 2. The van der Waals surface area contributed by atoms with E-state index in [0.717, 1.165) is 39.1 Å². The summed E-state index contributed by atoms with van der Waals surface area (Å²) < 4.78 is 0. The topological polar surface area (TPSA) is 65.1 Å². The molecule has 1 amide bonds. The van der Waals surface area contributed by atoms with Crippen LogP contribution in [-0.4, -0.2) is 63.6 Å². The van der Waals surface area contributed by atoms with E-state index in [1.165, 1.54) is 18.3 Å². The van der Waals surface area contributed by atoms with E-state index in [-0.39, 0.29) is 5.91 Å². The smallest absolute Gasteiger partial charge is 0.291 e. The largest absolute Gasteiger partial charge is 0.333 e. The lowest BCUT2D eigenvalue weighted by Crippen LogP contribution is -2.49. The Bertz CT molecular complexity index is 485. The summed E-state index contributed by atoms with van der Waals surface area (Å²) >= 11 is 0. The predicted octanol–water partition coefficient (Wildman–Crippen LogP) is 1.94. The van der Waals surface area contributed by atoms with E-state index in [2.05, 4.69) is 46.9 Å². The first kappa shape index (κ1) is 16.7. The SMILES string of the molecule is CC(C)=CCC[C@H](C)CN1CCN(C(=O)c2ncn[nH]2)CC1. The van der Waals surface area contributed by atoms with Gasteiger partial charge in [0.25, 0.3) is 5.91 Å². The Hall–Kier alpha value is -1.69. The number of aromatic nitrogens is 3. The van der Waals surface area contributed by atoms with E-state index in [1.807, 2.05) is 4.90 Å². The Morgan fingerprint density at radius 1 is 1.36 bits per heavy atom. The lowest BCUT2D eigenvalue weighted by Gasteiger charge is -2.35. The minimum atomic E-state index is -0.0474. The third-order valence-corrected chi connectivity index (χ3v) is 4.06. The van der Waals surface area contributed by atoms with Gasteiger partial charge in [-0.2, -0.15) is 5.10 Å². The molecule has 1 atom stereocenters. The summed E-state index contributed by atoms with van der Waals surface area (Å²) in [6, 6.07) is 0. The summed E-state index contributed by atoms with van der Waals surface area (Å²) in [5.41, 5.74) is 1.40. The zero-order chi connectivity index (χ0) is 15.9. The molecule has 0 unspecified atom stereocenters. The van der Waals surface area contributed by atoms with Crippen molar-refractivity contribution >= 4 is 5.91 Å². The maximum Gasteiger partial charge on any atom is 0.291 e. The number of nitrogens with one attached hydrogen (secondary N) is 1. The van der Waals surface area contributed by atoms with Crippen LogP contribution in [0.2, 0.25) is 0 Å². The molecule has 0 spiro atoms. The number of H-pyrrole nitrogens is 1. The number of rotatable bonds is 6. The van der Waals surface area contributed by atoms with Crippen LogP contribution in [0.4, 0.5) is 0 Å². The molecule has 6 nitrogen and oxygen atoms in total. The van der Waals surface area contributed by atoms with Gasteiger partial charge in [0, 0.05) is 32.7 Å². The summed E-state index contributed by atoms with van der Waals surface area (Å²) in [6.07, 6.45) is 6.07. The van der Waals surface area contributed by atoms with Gasteiger partial charge >= 0.3 is 0 Å². The fourth-order valence-electron chi connectivity index (χ4n) is 2.78. The number of nitrogens with zero attached hydrogens (tertiary/aromatic N) is 4. The van der Waals surface area contributed by atoms with Crippen molar-refractivity contribution in [3.05, 3.63) is 23.8 Å². The summed E-state index contributed by atoms with van der Waals surface area (Å²) in [4.78, 5) is 20.4. The Labute approximate surface area is 132 Å². The van der Waals surface area contributed by atoms with Gasteiger partial charge < -0.3 is 4.90 Å². The summed E-state index contributed by atoms with van der Waals surface area (Å²) in [6.45, 7) is 11.1. The van der Waals surface area contributed by atoms with Crippen LogP contribution in [-0.2, 0) is 0 Å². The van der Waals surface area contributed by atoms with Crippen LogP contribution in [0.25, 0.3) is 0 Å². The van der Waals surface area contributed by atoms with Crippen molar-refractivity contribution in [3.8, 4) is 0 Å². The summed E-state index contributed by atoms with van der Waals surface area (Å²) in [7, 11) is 0. The lowest BCUT2D eigenvalue weighted by molar-refractivity contribution is 0.0607. The van der Waals surface area contributed by atoms with Crippen molar-refractivity contribution in [2.45, 2.75) is 33.6 Å². The van der Waals surface area contributed by atoms with Crippen LogP contribution < -0.4 is 0 Å². The van der Waals surface area contributed by atoms with E-state index < -0.39 is 0 Å². The van der Waals surface area contributed by atoms with E-state index in [4.69, 9.17) is 0 Å². The van der Waals surface area contributed by atoms with Gasteiger partial charge in [-0.25, -0.2) is 4.98 Å². The highest BCUT2D eigenvalue weighted by Gasteiger charge is 2.24. The number of carbonyl (C=O) groups is 1. The van der Waals surface area contributed by atoms with Gasteiger partial charge in [-0.3, -0.25) is 14.8 Å². The van der Waals surface area contributed by atoms with Crippen LogP contribution >= 0.6 is 0 Å². The molecular weight excluding hydrogens is 278 g/mol. The van der Waals surface area contributed by atoms with Gasteiger partial charge in [0.15, 0.2) is 0 Å². The molecule has 1 aromatic rings. The molecule has 1 N–H and O–H groups in total. The first-order valence-corrected chi connectivity index (χ1v) is 8.06. The minimum Gasteiger partial charge on any atom is -0.333 e. The molecular formula is C16H27N5O. The fraction of sp³-hybridized carbons (Fsp3) is 0.688. The predicted molar refractivity (Wildman–Crippen MR) is 86.6 cm³/mol. The molecule has 1 aliphatic heterocycles. The normalized spacial score (nSPS) is 17.3. The average Bonchev–Trinajstić information content (AvgIpc) is 3.01. The molecule has 0 saturated carbocycles. The van der Waals surface area contributed by atoms with E-state index >= 15 is 0 Å². The number of piperazine rings is 1. The van der Waals surface area contributed by atoms with Crippen molar-refractivity contribution in [1.29, 1.82) is 0 Å². The van der Waals surface area contributed by atoms with Crippen LogP contribution in [0.1, 0.15) is 44.2 Å². The zero-order valence-corrected chi connectivity index (χ0v) is 13.9. The van der Waals surface area contributed by atoms with Gasteiger partial charge in [0.2, 0.25) is 5.82 Å². The standard InChI is InChI=1S/C16H27N5O/c1-13(2)5-4-6-14(3)11-20-7-9-21(10-8-20)16(22)15-17-12-18-19-15/h5,12,14H,4,6-11H2,1-3H3,(H,17,18,19)/t14-/m0/s1. The van der Waals surface area contributed by atoms with Crippen molar-refractivity contribution < 1.29 is 4.79 Å². The van der Waals surface area contributed by atoms with Crippen molar-refractivity contribution in [3.63, 3.8) is 0 Å². The average molecular weight is 305 g/mol. The summed E-state index contributed by atoms with van der Waals surface area (Å²) in [5.74, 6) is 0.976. The van der Waals surface area contributed by atoms with Gasteiger partial charge in [0.1, 0.15) is 6.33 Å². The number of hydrogen-bond acceptors (Lipinski definition) is 4. The van der Waals surface area contributed by atoms with Crippen LogP contribution in [0.5, 0.6) is 0 Å². The highest BCUT2D eigenvalue weighted by Crippen LogP contribution is 2.12. The molecule has 1 fully saturated rings. The molecule has 1 saturated heterocycles. The molecule has 1 aromatic heterocycles. The number of hydrogen-bond donors (Lipinski definition) is 1. The molecule has 0 aromatic carbocycles. The van der Waals surface area contributed by atoms with E-state index in [9.17, 15) is 4.79 Å². The molecule has 6 heteroatoms. The molecule has 0 aliphatic carbocycles. The maximum atomic E-state index is 12.2. The molecule has 122 valence electrons.